The lowest BCUT2D eigenvalue weighted by atomic mass is 10.4. The molecule has 0 heterocycles. The van der Waals surface area contributed by atoms with Crippen molar-refractivity contribution in [2.45, 2.75) is 0 Å². The van der Waals surface area contributed by atoms with E-state index in [9.17, 15) is 0 Å². The Bertz CT molecular complexity index is 65.9. The van der Waals surface area contributed by atoms with Crippen molar-refractivity contribution in [2.24, 2.45) is 5.73 Å². The molecule has 0 unspecified atom stereocenters. The normalized spacial score (nSPS) is 7.50. The molecule has 3 N–H and O–H groups in total. The standard InChI is InChI=1S/C4H8N2/c1-2-4(6)3-5/h2,6H,1,3,5H2. The van der Waals surface area contributed by atoms with E-state index in [0.29, 0.717) is 12.3 Å². The molecule has 0 aromatic carbocycles. The predicted molar refractivity (Wildman–Crippen MR) is 27.0 cm³/mol. The minimum atomic E-state index is 0.295. The Balaban J connectivity index is 3.23. The highest BCUT2D eigenvalue weighted by Crippen LogP contribution is 1.63. The molecule has 2 nitrogen and oxygen atoms in total. The fourth-order valence-electron chi connectivity index (χ4n) is 0.0833. The van der Waals surface area contributed by atoms with Gasteiger partial charge in [0.25, 0.3) is 0 Å². The molecule has 0 aromatic heterocycles. The molecule has 0 aliphatic rings. The van der Waals surface area contributed by atoms with Gasteiger partial charge in [-0.2, -0.15) is 0 Å². The summed E-state index contributed by atoms with van der Waals surface area (Å²) in [6.07, 6.45) is 1.43. The first-order valence-electron chi connectivity index (χ1n) is 1.71. The summed E-state index contributed by atoms with van der Waals surface area (Å²) in [4.78, 5) is 0. The number of rotatable bonds is 2. The summed E-state index contributed by atoms with van der Waals surface area (Å²) in [7, 11) is 0. The summed E-state index contributed by atoms with van der Waals surface area (Å²) in [6, 6.07) is 0. The van der Waals surface area contributed by atoms with Crippen LogP contribution in [0.5, 0.6) is 0 Å². The van der Waals surface area contributed by atoms with E-state index >= 15 is 0 Å². The number of hydrogen-bond donors (Lipinski definition) is 2. The summed E-state index contributed by atoms with van der Waals surface area (Å²) >= 11 is 0. The van der Waals surface area contributed by atoms with Crippen molar-refractivity contribution < 1.29 is 0 Å². The van der Waals surface area contributed by atoms with E-state index in [1.54, 1.807) is 0 Å². The number of hydrogen-bond acceptors (Lipinski definition) is 2. The van der Waals surface area contributed by atoms with Crippen LogP contribution < -0.4 is 5.73 Å². The Morgan fingerprint density at radius 3 is 2.50 bits per heavy atom. The molecule has 0 spiro atoms. The molecule has 6 heavy (non-hydrogen) atoms. The number of nitrogens with one attached hydrogen (secondary N) is 1. The smallest absolute Gasteiger partial charge is 0.0443 e. The summed E-state index contributed by atoms with van der Waals surface area (Å²) in [5.41, 5.74) is 5.37. The van der Waals surface area contributed by atoms with Gasteiger partial charge in [0.1, 0.15) is 0 Å². The fourth-order valence-corrected chi connectivity index (χ4v) is 0.0833. The molecule has 0 aliphatic heterocycles. The zero-order chi connectivity index (χ0) is 4.99. The van der Waals surface area contributed by atoms with Crippen molar-refractivity contribution in [3.63, 3.8) is 0 Å². The Morgan fingerprint density at radius 1 is 2.00 bits per heavy atom. The maximum atomic E-state index is 6.74. The van der Waals surface area contributed by atoms with Crippen molar-refractivity contribution in [1.82, 2.24) is 0 Å². The fraction of sp³-hybridized carbons (Fsp3) is 0.250. The summed E-state index contributed by atoms with van der Waals surface area (Å²) < 4.78 is 0. The van der Waals surface area contributed by atoms with Gasteiger partial charge in [-0.3, -0.25) is 0 Å². The van der Waals surface area contributed by atoms with Gasteiger partial charge < -0.3 is 11.1 Å². The third-order valence-electron chi connectivity index (χ3n) is 0.466. The van der Waals surface area contributed by atoms with Gasteiger partial charge in [0.2, 0.25) is 0 Å². The molecule has 0 aliphatic carbocycles. The van der Waals surface area contributed by atoms with Crippen molar-refractivity contribution in [2.75, 3.05) is 6.54 Å². The lowest BCUT2D eigenvalue weighted by Crippen LogP contribution is -2.08. The minimum absolute atomic E-state index is 0.295. The minimum Gasteiger partial charge on any atom is -0.325 e. The molecule has 0 fully saturated rings. The Hall–Kier alpha value is -0.630. The zero-order valence-electron chi connectivity index (χ0n) is 3.57. The molecule has 0 bridgehead atoms. The topological polar surface area (TPSA) is 49.9 Å². The van der Waals surface area contributed by atoms with Crippen molar-refractivity contribution in [3.8, 4) is 0 Å². The van der Waals surface area contributed by atoms with E-state index in [0.717, 1.165) is 0 Å². The quantitative estimate of drug-likeness (QED) is 0.460. The van der Waals surface area contributed by atoms with Gasteiger partial charge in [0.15, 0.2) is 0 Å². The molecule has 34 valence electrons. The van der Waals surface area contributed by atoms with Gasteiger partial charge >= 0.3 is 0 Å². The van der Waals surface area contributed by atoms with E-state index in [4.69, 9.17) is 11.1 Å². The highest BCUT2D eigenvalue weighted by molar-refractivity contribution is 5.93. The van der Waals surface area contributed by atoms with Gasteiger partial charge in [-0.05, 0) is 6.08 Å². The highest BCUT2D eigenvalue weighted by atomic mass is 14.6. The van der Waals surface area contributed by atoms with E-state index < -0.39 is 0 Å². The van der Waals surface area contributed by atoms with E-state index in [1.807, 2.05) is 0 Å². The van der Waals surface area contributed by atoms with Crippen LogP contribution in [-0.4, -0.2) is 12.3 Å². The van der Waals surface area contributed by atoms with Crippen molar-refractivity contribution in [3.05, 3.63) is 12.7 Å². The third-order valence-corrected chi connectivity index (χ3v) is 0.466. The van der Waals surface area contributed by atoms with Crippen molar-refractivity contribution in [1.29, 1.82) is 5.41 Å². The monoisotopic (exact) mass is 84.1 g/mol. The van der Waals surface area contributed by atoms with E-state index in [1.165, 1.54) is 6.08 Å². The Morgan fingerprint density at radius 2 is 2.50 bits per heavy atom. The molecule has 0 rings (SSSR count). The van der Waals surface area contributed by atoms with Crippen LogP contribution in [0.25, 0.3) is 0 Å². The van der Waals surface area contributed by atoms with Gasteiger partial charge in [-0.25, -0.2) is 0 Å². The Labute approximate surface area is 37.2 Å². The molecule has 0 saturated carbocycles. The SMILES string of the molecule is C=CC(=N)CN. The molecule has 0 aromatic rings. The molecular weight excluding hydrogens is 76.1 g/mol. The first-order valence-corrected chi connectivity index (χ1v) is 1.71. The average molecular weight is 84.1 g/mol. The van der Waals surface area contributed by atoms with Gasteiger partial charge in [0.05, 0.1) is 0 Å². The largest absolute Gasteiger partial charge is 0.325 e. The summed E-state index contributed by atoms with van der Waals surface area (Å²) in [5.74, 6) is 0. The maximum absolute atomic E-state index is 6.74. The van der Waals surface area contributed by atoms with Crippen LogP contribution in [0, 0.1) is 5.41 Å². The van der Waals surface area contributed by atoms with Crippen LogP contribution in [0.1, 0.15) is 0 Å². The van der Waals surface area contributed by atoms with Gasteiger partial charge in [-0.1, -0.05) is 6.58 Å². The third kappa shape index (κ3) is 1.67. The second-order valence-corrected chi connectivity index (χ2v) is 0.933. The van der Waals surface area contributed by atoms with E-state index in [2.05, 4.69) is 6.58 Å². The lowest BCUT2D eigenvalue weighted by molar-refractivity contribution is 1.28. The van der Waals surface area contributed by atoms with Crippen LogP contribution in [-0.2, 0) is 0 Å². The van der Waals surface area contributed by atoms with Gasteiger partial charge in [-0.15, -0.1) is 0 Å². The highest BCUT2D eigenvalue weighted by Gasteiger charge is 1.75. The maximum Gasteiger partial charge on any atom is 0.0443 e. The lowest BCUT2D eigenvalue weighted by Gasteiger charge is -1.81. The predicted octanol–water partition coefficient (Wildman–Crippen LogP) is 0.151. The first-order chi connectivity index (χ1) is 2.81. The summed E-state index contributed by atoms with van der Waals surface area (Å²) in [5, 5.41) is 6.74. The zero-order valence-corrected chi connectivity index (χ0v) is 3.57. The van der Waals surface area contributed by atoms with Crippen LogP contribution in [0.3, 0.4) is 0 Å². The molecule has 0 atom stereocenters. The molecule has 2 heteroatoms. The summed E-state index contributed by atoms with van der Waals surface area (Å²) in [6.45, 7) is 3.62. The number of nitrogens with two attached hydrogens (primary N) is 1. The molecular formula is C4H8N2. The van der Waals surface area contributed by atoms with Crippen LogP contribution >= 0.6 is 0 Å². The van der Waals surface area contributed by atoms with Crippen molar-refractivity contribution >= 4 is 5.71 Å². The van der Waals surface area contributed by atoms with Gasteiger partial charge in [0, 0.05) is 12.3 Å². The second-order valence-electron chi connectivity index (χ2n) is 0.933. The van der Waals surface area contributed by atoms with Crippen LogP contribution in [0.2, 0.25) is 0 Å². The van der Waals surface area contributed by atoms with Crippen LogP contribution in [0.15, 0.2) is 12.7 Å². The van der Waals surface area contributed by atoms with Crippen LogP contribution in [0.4, 0.5) is 0 Å². The second kappa shape index (κ2) is 2.60. The Kier molecular flexibility index (Phi) is 2.33. The first kappa shape index (κ1) is 5.37. The average Bonchev–Trinajstić information content (AvgIpc) is 1.65. The van der Waals surface area contributed by atoms with E-state index in [-0.39, 0.29) is 0 Å². The molecule has 0 saturated heterocycles. The molecule has 0 radical (unpaired) electrons. The molecule has 0 amide bonds.